The number of rotatable bonds is 6. The molecule has 0 amide bonds. The minimum absolute atomic E-state index is 0.200. The Labute approximate surface area is 98.1 Å². The molecule has 0 atom stereocenters. The second kappa shape index (κ2) is 5.91. The van der Waals surface area contributed by atoms with Crippen LogP contribution < -0.4 is 4.74 Å². The quantitative estimate of drug-likeness (QED) is 0.613. The highest BCUT2D eigenvalue weighted by molar-refractivity contribution is 6.71. The van der Waals surface area contributed by atoms with Crippen LogP contribution in [0.2, 0.25) is 19.1 Å². The van der Waals surface area contributed by atoms with Crippen LogP contribution in [0.15, 0.2) is 24.3 Å². The summed E-state index contributed by atoms with van der Waals surface area (Å²) in [7, 11) is 0.302. The zero-order valence-corrected chi connectivity index (χ0v) is 11.2. The molecule has 1 aromatic rings. The van der Waals surface area contributed by atoms with Crippen molar-refractivity contribution in [2.75, 3.05) is 13.7 Å². The number of hydrogen-bond acceptors (Lipinski definition) is 3. The summed E-state index contributed by atoms with van der Waals surface area (Å²) in [5.74, 6) is 0.755. The Morgan fingerprint density at radius 3 is 2.56 bits per heavy atom. The molecule has 0 aliphatic carbocycles. The van der Waals surface area contributed by atoms with Crippen molar-refractivity contribution in [3.8, 4) is 11.5 Å². The highest BCUT2D eigenvalue weighted by atomic mass is 28.4. The molecule has 0 aliphatic rings. The number of phenols is 1. The van der Waals surface area contributed by atoms with Crippen molar-refractivity contribution in [3.63, 3.8) is 0 Å². The lowest BCUT2D eigenvalue weighted by atomic mass is 10.3. The van der Waals surface area contributed by atoms with Crippen LogP contribution in [0.25, 0.3) is 0 Å². The first-order valence-electron chi connectivity index (χ1n) is 5.51. The number of ether oxygens (including phenoxy) is 1. The third-order valence-corrected chi connectivity index (χ3v) is 5.26. The van der Waals surface area contributed by atoms with Crippen molar-refractivity contribution in [1.82, 2.24) is 0 Å². The van der Waals surface area contributed by atoms with E-state index in [1.54, 1.807) is 25.3 Å². The molecule has 0 spiro atoms. The van der Waals surface area contributed by atoms with E-state index >= 15 is 0 Å². The molecule has 0 fully saturated rings. The second-order valence-corrected chi connectivity index (χ2v) is 8.81. The van der Waals surface area contributed by atoms with E-state index in [2.05, 4.69) is 13.1 Å². The van der Waals surface area contributed by atoms with Gasteiger partial charge in [0.2, 0.25) is 0 Å². The van der Waals surface area contributed by atoms with E-state index in [0.717, 1.165) is 12.5 Å². The van der Waals surface area contributed by atoms with Gasteiger partial charge < -0.3 is 14.3 Å². The van der Waals surface area contributed by atoms with Crippen LogP contribution >= 0.6 is 0 Å². The van der Waals surface area contributed by atoms with Gasteiger partial charge >= 0.3 is 0 Å². The molecule has 0 saturated carbocycles. The average molecular weight is 240 g/mol. The number of aromatic hydroxyl groups is 1. The van der Waals surface area contributed by atoms with Gasteiger partial charge in [0.05, 0.1) is 6.61 Å². The summed E-state index contributed by atoms with van der Waals surface area (Å²) in [6, 6.07) is 8.10. The van der Waals surface area contributed by atoms with Crippen LogP contribution in [-0.2, 0) is 4.43 Å². The van der Waals surface area contributed by atoms with Crippen LogP contribution in [0, 0.1) is 0 Å². The van der Waals surface area contributed by atoms with E-state index in [9.17, 15) is 5.11 Å². The fourth-order valence-electron chi connectivity index (χ4n) is 1.36. The molecule has 16 heavy (non-hydrogen) atoms. The summed E-state index contributed by atoms with van der Waals surface area (Å²) >= 11 is 0. The molecule has 1 aromatic carbocycles. The third kappa shape index (κ3) is 4.24. The molecule has 0 bridgehead atoms. The fourth-order valence-corrected chi connectivity index (χ4v) is 2.56. The van der Waals surface area contributed by atoms with E-state index in [4.69, 9.17) is 9.16 Å². The van der Waals surface area contributed by atoms with Gasteiger partial charge in [0, 0.05) is 7.11 Å². The van der Waals surface area contributed by atoms with Gasteiger partial charge in [-0.15, -0.1) is 0 Å². The molecule has 0 saturated heterocycles. The van der Waals surface area contributed by atoms with Gasteiger partial charge in [-0.05, 0) is 37.7 Å². The first-order chi connectivity index (χ1) is 7.55. The average Bonchev–Trinajstić information content (AvgIpc) is 2.27. The largest absolute Gasteiger partial charge is 0.504 e. The Balaban J connectivity index is 2.29. The summed E-state index contributed by atoms with van der Waals surface area (Å²) < 4.78 is 10.9. The summed E-state index contributed by atoms with van der Waals surface area (Å²) in [4.78, 5) is 0. The second-order valence-electron chi connectivity index (χ2n) is 4.38. The lowest BCUT2D eigenvalue weighted by Gasteiger charge is -2.19. The van der Waals surface area contributed by atoms with Gasteiger partial charge in [0.1, 0.15) is 0 Å². The molecule has 0 heterocycles. The maximum absolute atomic E-state index is 9.47. The van der Waals surface area contributed by atoms with Crippen molar-refractivity contribution in [2.45, 2.75) is 25.6 Å². The molecular weight excluding hydrogens is 220 g/mol. The Kier molecular flexibility index (Phi) is 4.83. The van der Waals surface area contributed by atoms with Crippen LogP contribution in [0.1, 0.15) is 6.42 Å². The molecule has 1 rings (SSSR count). The van der Waals surface area contributed by atoms with Crippen molar-refractivity contribution in [3.05, 3.63) is 24.3 Å². The van der Waals surface area contributed by atoms with Crippen LogP contribution in [0.3, 0.4) is 0 Å². The monoisotopic (exact) mass is 240 g/mol. The minimum Gasteiger partial charge on any atom is -0.504 e. The van der Waals surface area contributed by atoms with Gasteiger partial charge in [0.15, 0.2) is 19.8 Å². The standard InChI is InChI=1S/C12H20O3Si/c1-14-16(2,3)10-6-9-15-12-8-5-4-7-11(12)13/h4-5,7-8,13H,6,9-10H2,1-3H3. The van der Waals surface area contributed by atoms with Crippen molar-refractivity contribution in [1.29, 1.82) is 0 Å². The highest BCUT2D eigenvalue weighted by Gasteiger charge is 2.19. The summed E-state index contributed by atoms with van der Waals surface area (Å²) in [5, 5.41) is 9.47. The predicted octanol–water partition coefficient (Wildman–Crippen LogP) is 3.01. The summed E-state index contributed by atoms with van der Waals surface area (Å²) in [6.45, 7) is 5.00. The molecule has 1 N–H and O–H groups in total. The lowest BCUT2D eigenvalue weighted by molar-refractivity contribution is 0.295. The maximum Gasteiger partial charge on any atom is 0.186 e. The third-order valence-electron chi connectivity index (χ3n) is 2.60. The summed E-state index contributed by atoms with van der Waals surface area (Å²) in [6.07, 6.45) is 0.960. The molecule has 4 heteroatoms. The van der Waals surface area contributed by atoms with Crippen molar-refractivity contribution < 1.29 is 14.3 Å². The lowest BCUT2D eigenvalue weighted by Crippen LogP contribution is -2.28. The van der Waals surface area contributed by atoms with Gasteiger partial charge in [-0.3, -0.25) is 0 Å². The number of hydrogen-bond donors (Lipinski definition) is 1. The zero-order valence-electron chi connectivity index (χ0n) is 10.2. The van der Waals surface area contributed by atoms with E-state index in [1.165, 1.54) is 0 Å². The minimum atomic E-state index is -1.47. The molecule has 0 radical (unpaired) electrons. The topological polar surface area (TPSA) is 38.7 Å². The first kappa shape index (κ1) is 13.1. The van der Waals surface area contributed by atoms with Crippen molar-refractivity contribution in [2.24, 2.45) is 0 Å². The van der Waals surface area contributed by atoms with Crippen molar-refractivity contribution >= 4 is 8.32 Å². The van der Waals surface area contributed by atoms with Gasteiger partial charge in [-0.2, -0.15) is 0 Å². The molecule has 90 valence electrons. The Morgan fingerprint density at radius 1 is 1.25 bits per heavy atom. The van der Waals surface area contributed by atoms with Gasteiger partial charge in [0.25, 0.3) is 0 Å². The predicted molar refractivity (Wildman–Crippen MR) is 67.5 cm³/mol. The summed E-state index contributed by atoms with van der Waals surface area (Å²) in [5.41, 5.74) is 0. The van der Waals surface area contributed by atoms with Crippen LogP contribution in [0.5, 0.6) is 11.5 Å². The van der Waals surface area contributed by atoms with Crippen LogP contribution in [-0.4, -0.2) is 27.1 Å². The highest BCUT2D eigenvalue weighted by Crippen LogP contribution is 2.24. The van der Waals surface area contributed by atoms with E-state index in [1.807, 2.05) is 6.07 Å². The van der Waals surface area contributed by atoms with Gasteiger partial charge in [-0.1, -0.05) is 12.1 Å². The smallest absolute Gasteiger partial charge is 0.186 e. The van der Waals surface area contributed by atoms with E-state index < -0.39 is 8.32 Å². The Hall–Kier alpha value is -1.00. The van der Waals surface area contributed by atoms with E-state index in [-0.39, 0.29) is 5.75 Å². The number of para-hydroxylation sites is 2. The fraction of sp³-hybridized carbons (Fsp3) is 0.500. The maximum atomic E-state index is 9.47. The molecule has 0 aliphatic heterocycles. The van der Waals surface area contributed by atoms with E-state index in [0.29, 0.717) is 12.4 Å². The molecular formula is C12H20O3Si. The molecule has 3 nitrogen and oxygen atoms in total. The number of phenolic OH excluding ortho intramolecular Hbond substituents is 1. The van der Waals surface area contributed by atoms with Gasteiger partial charge in [-0.25, -0.2) is 0 Å². The zero-order chi connectivity index (χ0) is 12.0. The Bertz CT molecular complexity index is 326. The molecule has 0 aromatic heterocycles. The SMILES string of the molecule is CO[Si](C)(C)CCCOc1ccccc1O. The van der Waals surface area contributed by atoms with Crippen LogP contribution in [0.4, 0.5) is 0 Å². The Morgan fingerprint density at radius 2 is 1.94 bits per heavy atom. The first-order valence-corrected chi connectivity index (χ1v) is 8.63. The molecule has 0 unspecified atom stereocenters. The number of benzene rings is 1. The normalized spacial score (nSPS) is 11.4.